The smallest absolute Gasteiger partial charge is 0.133 e. The highest BCUT2D eigenvalue weighted by molar-refractivity contribution is 7.99. The highest BCUT2D eigenvalue weighted by Crippen LogP contribution is 2.12. The lowest BCUT2D eigenvalue weighted by Crippen LogP contribution is -2.03. The fourth-order valence-corrected chi connectivity index (χ4v) is 1.93. The van der Waals surface area contributed by atoms with Crippen molar-refractivity contribution in [2.24, 2.45) is 5.92 Å². The second-order valence-corrected chi connectivity index (χ2v) is 5.84. The Bertz CT molecular complexity index is 141. The molecular formula is C11H22OS. The SMILES string of the molecule is CC(C)CC(=O)CCCSC(C)C. The number of ketones is 1. The molecule has 0 saturated heterocycles. The summed E-state index contributed by atoms with van der Waals surface area (Å²) >= 11 is 1.94. The van der Waals surface area contributed by atoms with E-state index in [0.29, 0.717) is 17.0 Å². The molecule has 0 fully saturated rings. The van der Waals surface area contributed by atoms with Gasteiger partial charge >= 0.3 is 0 Å². The number of hydrogen-bond donors (Lipinski definition) is 0. The molecule has 0 aliphatic heterocycles. The summed E-state index contributed by atoms with van der Waals surface area (Å²) in [7, 11) is 0. The van der Waals surface area contributed by atoms with Crippen LogP contribution in [0.15, 0.2) is 0 Å². The zero-order valence-electron chi connectivity index (χ0n) is 9.30. The standard InChI is InChI=1S/C11H22OS/c1-9(2)8-11(12)6-5-7-13-10(3)4/h9-10H,5-8H2,1-4H3. The third-order valence-electron chi connectivity index (χ3n) is 1.69. The van der Waals surface area contributed by atoms with Crippen molar-refractivity contribution in [2.45, 2.75) is 52.2 Å². The van der Waals surface area contributed by atoms with E-state index in [1.165, 1.54) is 0 Å². The zero-order valence-corrected chi connectivity index (χ0v) is 10.1. The Morgan fingerprint density at radius 2 is 1.85 bits per heavy atom. The molecule has 0 bridgehead atoms. The van der Waals surface area contributed by atoms with Gasteiger partial charge in [-0.15, -0.1) is 0 Å². The van der Waals surface area contributed by atoms with E-state index in [1.54, 1.807) is 0 Å². The van der Waals surface area contributed by atoms with Crippen LogP contribution in [0.3, 0.4) is 0 Å². The summed E-state index contributed by atoms with van der Waals surface area (Å²) in [6.07, 6.45) is 2.58. The van der Waals surface area contributed by atoms with E-state index >= 15 is 0 Å². The van der Waals surface area contributed by atoms with Crippen LogP contribution in [0.1, 0.15) is 47.0 Å². The Labute approximate surface area is 86.7 Å². The van der Waals surface area contributed by atoms with Crippen molar-refractivity contribution in [2.75, 3.05) is 5.75 Å². The van der Waals surface area contributed by atoms with E-state index in [1.807, 2.05) is 11.8 Å². The predicted molar refractivity (Wildman–Crippen MR) is 61.3 cm³/mol. The van der Waals surface area contributed by atoms with Gasteiger partial charge in [-0.05, 0) is 23.3 Å². The molecule has 2 heteroatoms. The molecule has 0 heterocycles. The summed E-state index contributed by atoms with van der Waals surface area (Å²) in [5.74, 6) is 2.08. The van der Waals surface area contributed by atoms with Crippen LogP contribution in [0.25, 0.3) is 0 Å². The zero-order chi connectivity index (χ0) is 10.3. The number of rotatable bonds is 7. The summed E-state index contributed by atoms with van der Waals surface area (Å²) in [6.45, 7) is 8.59. The van der Waals surface area contributed by atoms with Gasteiger partial charge in [-0.2, -0.15) is 11.8 Å². The van der Waals surface area contributed by atoms with Gasteiger partial charge in [0.25, 0.3) is 0 Å². The van der Waals surface area contributed by atoms with E-state index in [-0.39, 0.29) is 0 Å². The minimum atomic E-state index is 0.430. The Hall–Kier alpha value is 0.0200. The molecule has 0 rings (SSSR count). The Kier molecular flexibility index (Phi) is 7.44. The summed E-state index contributed by atoms with van der Waals surface area (Å²) in [6, 6.07) is 0. The molecule has 0 radical (unpaired) electrons. The average Bonchev–Trinajstić information content (AvgIpc) is 1.96. The largest absolute Gasteiger partial charge is 0.300 e. The summed E-state index contributed by atoms with van der Waals surface area (Å²) in [5, 5.41) is 0.695. The molecule has 0 spiro atoms. The Balaban J connectivity index is 3.27. The lowest BCUT2D eigenvalue weighted by atomic mass is 10.0. The average molecular weight is 202 g/mol. The summed E-state index contributed by atoms with van der Waals surface area (Å²) in [5.41, 5.74) is 0. The minimum absolute atomic E-state index is 0.430. The molecule has 0 aliphatic rings. The molecule has 0 atom stereocenters. The van der Waals surface area contributed by atoms with Gasteiger partial charge < -0.3 is 0 Å². The van der Waals surface area contributed by atoms with Gasteiger partial charge in [-0.3, -0.25) is 4.79 Å². The van der Waals surface area contributed by atoms with E-state index < -0.39 is 0 Å². The Morgan fingerprint density at radius 1 is 1.23 bits per heavy atom. The van der Waals surface area contributed by atoms with Crippen molar-refractivity contribution in [1.29, 1.82) is 0 Å². The highest BCUT2D eigenvalue weighted by atomic mass is 32.2. The molecule has 0 aromatic carbocycles. The van der Waals surface area contributed by atoms with Gasteiger partial charge in [-0.1, -0.05) is 27.7 Å². The van der Waals surface area contributed by atoms with Crippen molar-refractivity contribution in [1.82, 2.24) is 0 Å². The third kappa shape index (κ3) is 9.94. The van der Waals surface area contributed by atoms with Crippen molar-refractivity contribution < 1.29 is 4.79 Å². The number of carbonyl (C=O) groups excluding carboxylic acids is 1. The van der Waals surface area contributed by atoms with E-state index in [4.69, 9.17) is 0 Å². The number of thioether (sulfide) groups is 1. The quantitative estimate of drug-likeness (QED) is 0.588. The van der Waals surface area contributed by atoms with Gasteiger partial charge in [0, 0.05) is 12.8 Å². The van der Waals surface area contributed by atoms with Crippen LogP contribution in [0.2, 0.25) is 0 Å². The molecule has 13 heavy (non-hydrogen) atoms. The summed E-state index contributed by atoms with van der Waals surface area (Å²) < 4.78 is 0. The Morgan fingerprint density at radius 3 is 2.31 bits per heavy atom. The third-order valence-corrected chi connectivity index (χ3v) is 2.88. The lowest BCUT2D eigenvalue weighted by Gasteiger charge is -2.05. The normalized spacial score (nSPS) is 11.2. The van der Waals surface area contributed by atoms with Crippen molar-refractivity contribution in [3.05, 3.63) is 0 Å². The van der Waals surface area contributed by atoms with Crippen LogP contribution >= 0.6 is 11.8 Å². The van der Waals surface area contributed by atoms with E-state index in [9.17, 15) is 4.79 Å². The molecule has 0 aliphatic carbocycles. The monoisotopic (exact) mass is 202 g/mol. The first kappa shape index (κ1) is 13.0. The molecule has 0 aromatic rings. The minimum Gasteiger partial charge on any atom is -0.300 e. The molecule has 0 amide bonds. The van der Waals surface area contributed by atoms with Crippen LogP contribution in [-0.2, 0) is 4.79 Å². The second kappa shape index (κ2) is 7.43. The number of carbonyl (C=O) groups is 1. The maximum absolute atomic E-state index is 11.3. The molecule has 0 saturated carbocycles. The second-order valence-electron chi connectivity index (χ2n) is 4.16. The van der Waals surface area contributed by atoms with Crippen molar-refractivity contribution in [3.63, 3.8) is 0 Å². The topological polar surface area (TPSA) is 17.1 Å². The molecule has 0 N–H and O–H groups in total. The van der Waals surface area contributed by atoms with Crippen LogP contribution < -0.4 is 0 Å². The number of hydrogen-bond acceptors (Lipinski definition) is 2. The van der Waals surface area contributed by atoms with Gasteiger partial charge in [0.1, 0.15) is 5.78 Å². The van der Waals surface area contributed by atoms with E-state index in [0.717, 1.165) is 25.0 Å². The van der Waals surface area contributed by atoms with Gasteiger partial charge in [0.15, 0.2) is 0 Å². The predicted octanol–water partition coefficient (Wildman–Crippen LogP) is 3.52. The number of Topliss-reactive ketones (excluding diaryl/α,β-unsaturated/α-hetero) is 1. The van der Waals surface area contributed by atoms with Crippen LogP contribution in [0.5, 0.6) is 0 Å². The lowest BCUT2D eigenvalue weighted by molar-refractivity contribution is -0.119. The first-order valence-corrected chi connectivity index (χ1v) is 6.20. The first-order valence-electron chi connectivity index (χ1n) is 5.15. The van der Waals surface area contributed by atoms with Crippen LogP contribution in [0.4, 0.5) is 0 Å². The van der Waals surface area contributed by atoms with Gasteiger partial charge in [0.05, 0.1) is 0 Å². The fourth-order valence-electron chi connectivity index (χ4n) is 1.15. The van der Waals surface area contributed by atoms with Crippen molar-refractivity contribution in [3.8, 4) is 0 Å². The highest BCUT2D eigenvalue weighted by Gasteiger charge is 2.04. The van der Waals surface area contributed by atoms with Crippen LogP contribution in [0, 0.1) is 5.92 Å². The summed E-state index contributed by atoms with van der Waals surface area (Å²) in [4.78, 5) is 11.3. The first-order chi connectivity index (χ1) is 6.02. The van der Waals surface area contributed by atoms with Gasteiger partial charge in [-0.25, -0.2) is 0 Å². The molecule has 78 valence electrons. The van der Waals surface area contributed by atoms with Crippen LogP contribution in [-0.4, -0.2) is 16.8 Å². The molecular weight excluding hydrogens is 180 g/mol. The fraction of sp³-hybridized carbons (Fsp3) is 0.909. The van der Waals surface area contributed by atoms with Gasteiger partial charge in [0.2, 0.25) is 0 Å². The van der Waals surface area contributed by atoms with Crippen molar-refractivity contribution >= 4 is 17.5 Å². The molecule has 1 nitrogen and oxygen atoms in total. The maximum Gasteiger partial charge on any atom is 0.133 e. The molecule has 0 unspecified atom stereocenters. The molecule has 0 aromatic heterocycles. The maximum atomic E-state index is 11.3. The van der Waals surface area contributed by atoms with E-state index in [2.05, 4.69) is 27.7 Å².